The summed E-state index contributed by atoms with van der Waals surface area (Å²) in [4.78, 5) is 10.5. The van der Waals surface area contributed by atoms with Crippen LogP contribution >= 0.6 is 0 Å². The molecule has 0 amide bonds. The molecule has 1 heterocycles. The Labute approximate surface area is 78.5 Å². The van der Waals surface area contributed by atoms with Gasteiger partial charge in [-0.2, -0.15) is 0 Å². The summed E-state index contributed by atoms with van der Waals surface area (Å²) >= 11 is 0. The molecule has 1 rings (SSSR count). The maximum Gasteiger partial charge on any atom is 0.158 e. The van der Waals surface area contributed by atoms with Gasteiger partial charge in [-0.05, 0) is 33.6 Å². The Hall–Kier alpha value is -0.450. The van der Waals surface area contributed by atoms with Gasteiger partial charge in [-0.15, -0.1) is 0 Å². The van der Waals surface area contributed by atoms with Crippen LogP contribution in [0.2, 0.25) is 0 Å². The van der Waals surface area contributed by atoms with Gasteiger partial charge in [0.05, 0.1) is 0 Å². The van der Waals surface area contributed by atoms with E-state index in [0.717, 1.165) is 19.4 Å². The van der Waals surface area contributed by atoms with E-state index in [4.69, 9.17) is 14.9 Å². The van der Waals surface area contributed by atoms with Crippen LogP contribution in [-0.2, 0) is 9.53 Å². The van der Waals surface area contributed by atoms with E-state index in [1.807, 2.05) is 0 Å². The molecule has 2 N–H and O–H groups in total. The molecule has 78 valence electrons. The number of carbonyl (C=O) groups is 1. The predicted molar refractivity (Wildman–Crippen MR) is 48.2 cm³/mol. The average Bonchev–Trinajstić information content (AvgIpc) is 2.31. The Morgan fingerprint density at radius 3 is 2.08 bits per heavy atom. The molecule has 1 unspecified atom stereocenters. The highest BCUT2D eigenvalue weighted by atomic mass is 16.5. The number of hydrogen-bond acceptors (Lipinski definition) is 4. The number of aliphatic hydroxyl groups is 2. The number of Topliss-reactive ketones (excluding diaryl/α,β-unsaturated/α-hetero) is 1. The first-order chi connectivity index (χ1) is 5.80. The van der Waals surface area contributed by atoms with E-state index in [-0.39, 0.29) is 11.9 Å². The van der Waals surface area contributed by atoms with Gasteiger partial charge in [0.25, 0.3) is 0 Å². The summed E-state index contributed by atoms with van der Waals surface area (Å²) in [5, 5.41) is 16.2. The summed E-state index contributed by atoms with van der Waals surface area (Å²) in [5.74, 6) is -1.33. The summed E-state index contributed by atoms with van der Waals surface area (Å²) in [5.41, 5.74) is 0. The van der Waals surface area contributed by atoms with Crippen LogP contribution in [0.5, 0.6) is 0 Å². The molecular formula is C9H18O4. The van der Waals surface area contributed by atoms with Crippen molar-refractivity contribution in [3.8, 4) is 0 Å². The number of hydrogen-bond donors (Lipinski definition) is 2. The molecule has 0 spiro atoms. The summed E-state index contributed by atoms with van der Waals surface area (Å²) in [6.45, 7) is 4.94. The van der Waals surface area contributed by atoms with Gasteiger partial charge < -0.3 is 14.9 Å². The molecular weight excluding hydrogens is 172 g/mol. The van der Waals surface area contributed by atoms with Crippen molar-refractivity contribution in [3.63, 3.8) is 0 Å². The van der Waals surface area contributed by atoms with Crippen LogP contribution in [-0.4, -0.2) is 34.5 Å². The molecule has 4 nitrogen and oxygen atoms in total. The van der Waals surface area contributed by atoms with Crippen molar-refractivity contribution in [1.82, 2.24) is 0 Å². The Morgan fingerprint density at radius 1 is 1.46 bits per heavy atom. The maximum absolute atomic E-state index is 10.5. The first kappa shape index (κ1) is 12.6. The van der Waals surface area contributed by atoms with Crippen LogP contribution < -0.4 is 0 Å². The second-order valence-electron chi connectivity index (χ2n) is 3.61. The second-order valence-corrected chi connectivity index (χ2v) is 3.61. The highest BCUT2D eigenvalue weighted by molar-refractivity contribution is 5.80. The predicted octanol–water partition coefficient (Wildman–Crippen LogP) is 0.462. The van der Waals surface area contributed by atoms with E-state index in [1.165, 1.54) is 13.8 Å². The van der Waals surface area contributed by atoms with Gasteiger partial charge >= 0.3 is 0 Å². The fourth-order valence-corrected chi connectivity index (χ4v) is 0.898. The molecule has 0 bridgehead atoms. The Balaban J connectivity index is 0.000000252. The fraction of sp³-hybridized carbons (Fsp3) is 0.889. The molecule has 1 atom stereocenters. The van der Waals surface area contributed by atoms with Crippen LogP contribution in [0.4, 0.5) is 0 Å². The fourth-order valence-electron chi connectivity index (χ4n) is 0.898. The molecule has 1 aliphatic rings. The molecule has 0 saturated carbocycles. The van der Waals surface area contributed by atoms with E-state index >= 15 is 0 Å². The standard InChI is InChI=1S/C6H10O2.C3H8O2/c1-5(7)6-3-2-4-8-6;1-3(2,4)5/h6H,2-4H2,1H3;4-5H,1-2H3. The lowest BCUT2D eigenvalue weighted by atomic mass is 10.2. The largest absolute Gasteiger partial charge is 0.370 e. The third kappa shape index (κ3) is 9.46. The van der Waals surface area contributed by atoms with Crippen LogP contribution in [0.3, 0.4) is 0 Å². The number of carbonyl (C=O) groups excluding carboxylic acids is 1. The molecule has 0 aromatic rings. The highest BCUT2D eigenvalue weighted by Gasteiger charge is 2.18. The number of ether oxygens (including phenoxy) is 1. The van der Waals surface area contributed by atoms with Gasteiger partial charge in [0, 0.05) is 6.61 Å². The van der Waals surface area contributed by atoms with Gasteiger partial charge in [0.2, 0.25) is 0 Å². The first-order valence-corrected chi connectivity index (χ1v) is 4.37. The van der Waals surface area contributed by atoms with Crippen LogP contribution in [0.25, 0.3) is 0 Å². The lowest BCUT2D eigenvalue weighted by Gasteiger charge is -2.03. The Kier molecular flexibility index (Phi) is 5.13. The van der Waals surface area contributed by atoms with Crippen molar-refractivity contribution in [2.24, 2.45) is 0 Å². The molecule has 4 heteroatoms. The van der Waals surface area contributed by atoms with Crippen molar-refractivity contribution in [2.75, 3.05) is 6.61 Å². The molecule has 13 heavy (non-hydrogen) atoms. The molecule has 1 aliphatic heterocycles. The second kappa shape index (κ2) is 5.32. The molecule has 0 radical (unpaired) electrons. The Morgan fingerprint density at radius 2 is 1.92 bits per heavy atom. The van der Waals surface area contributed by atoms with Crippen LogP contribution in [0, 0.1) is 0 Å². The van der Waals surface area contributed by atoms with Crippen molar-refractivity contribution in [2.45, 2.75) is 45.5 Å². The van der Waals surface area contributed by atoms with Crippen LogP contribution in [0.15, 0.2) is 0 Å². The van der Waals surface area contributed by atoms with E-state index < -0.39 is 5.79 Å². The Bertz CT molecular complexity index is 147. The van der Waals surface area contributed by atoms with Crippen LogP contribution in [0.1, 0.15) is 33.6 Å². The molecule has 0 aromatic heterocycles. The van der Waals surface area contributed by atoms with Gasteiger partial charge in [-0.3, -0.25) is 4.79 Å². The lowest BCUT2D eigenvalue weighted by Crippen LogP contribution is -2.15. The highest BCUT2D eigenvalue weighted by Crippen LogP contribution is 2.11. The van der Waals surface area contributed by atoms with Gasteiger partial charge in [-0.25, -0.2) is 0 Å². The average molecular weight is 190 g/mol. The zero-order chi connectivity index (χ0) is 10.5. The van der Waals surface area contributed by atoms with Gasteiger partial charge in [-0.1, -0.05) is 0 Å². The minimum atomic E-state index is -1.50. The van der Waals surface area contributed by atoms with Crippen molar-refractivity contribution in [1.29, 1.82) is 0 Å². The van der Waals surface area contributed by atoms with Crippen molar-refractivity contribution < 1.29 is 19.7 Å². The monoisotopic (exact) mass is 190 g/mol. The molecule has 0 aliphatic carbocycles. The summed E-state index contributed by atoms with van der Waals surface area (Å²) in [6.07, 6.45) is 1.90. The quantitative estimate of drug-likeness (QED) is 0.589. The van der Waals surface area contributed by atoms with E-state index in [0.29, 0.717) is 0 Å². The maximum atomic E-state index is 10.5. The normalized spacial score (nSPS) is 22.1. The van der Waals surface area contributed by atoms with E-state index in [1.54, 1.807) is 6.92 Å². The summed E-state index contributed by atoms with van der Waals surface area (Å²) < 4.78 is 5.06. The zero-order valence-corrected chi connectivity index (χ0v) is 8.41. The SMILES string of the molecule is CC(=O)C1CCCO1.CC(C)(O)O. The lowest BCUT2D eigenvalue weighted by molar-refractivity contribution is -0.127. The van der Waals surface area contributed by atoms with Crippen molar-refractivity contribution >= 4 is 5.78 Å². The topological polar surface area (TPSA) is 66.8 Å². The molecule has 1 fully saturated rings. The molecule has 0 aromatic carbocycles. The van der Waals surface area contributed by atoms with E-state index in [2.05, 4.69) is 0 Å². The number of rotatable bonds is 1. The minimum Gasteiger partial charge on any atom is -0.370 e. The van der Waals surface area contributed by atoms with Crippen molar-refractivity contribution in [3.05, 3.63) is 0 Å². The van der Waals surface area contributed by atoms with Gasteiger partial charge in [0.15, 0.2) is 11.6 Å². The zero-order valence-electron chi connectivity index (χ0n) is 8.41. The number of ketones is 1. The summed E-state index contributed by atoms with van der Waals surface area (Å²) in [6, 6.07) is 0. The molecule has 1 saturated heterocycles. The van der Waals surface area contributed by atoms with Gasteiger partial charge in [0.1, 0.15) is 6.10 Å². The smallest absolute Gasteiger partial charge is 0.158 e. The minimum absolute atomic E-state index is 0.0741. The van der Waals surface area contributed by atoms with E-state index in [9.17, 15) is 4.79 Å². The third-order valence-electron chi connectivity index (χ3n) is 1.38. The third-order valence-corrected chi connectivity index (χ3v) is 1.38. The first-order valence-electron chi connectivity index (χ1n) is 4.37. The summed E-state index contributed by atoms with van der Waals surface area (Å²) in [7, 11) is 0.